The van der Waals surface area contributed by atoms with Crippen LogP contribution in [0.25, 0.3) is 0 Å². The van der Waals surface area contributed by atoms with Crippen LogP contribution in [-0.2, 0) is 0 Å². The van der Waals surface area contributed by atoms with Gasteiger partial charge in [0, 0.05) is 25.3 Å². The number of rotatable bonds is 9. The molecule has 65 heavy (non-hydrogen) atoms. The number of benzene rings is 2. The van der Waals surface area contributed by atoms with Gasteiger partial charge >= 0.3 is 5.97 Å². The number of nitrogens with two attached hydrogens (primary N) is 1. The molecule has 0 heterocycles. The van der Waals surface area contributed by atoms with Crippen molar-refractivity contribution in [1.82, 2.24) is 5.32 Å². The average Bonchev–Trinajstić information content (AvgIpc) is 3.77. The van der Waals surface area contributed by atoms with Gasteiger partial charge in [0.15, 0.2) is 0 Å². The van der Waals surface area contributed by atoms with E-state index in [0.29, 0.717) is 54.0 Å². The maximum Gasteiger partial charge on any atom is 0.335 e. The lowest BCUT2D eigenvalue weighted by atomic mass is 9.49. The Morgan fingerprint density at radius 1 is 0.646 bits per heavy atom. The topological polar surface area (TPSA) is 173 Å². The van der Waals surface area contributed by atoms with Gasteiger partial charge in [-0.2, -0.15) is 0 Å². The van der Waals surface area contributed by atoms with Gasteiger partial charge in [0.1, 0.15) is 0 Å². The predicted octanol–water partition coefficient (Wildman–Crippen LogP) is 9.68. The summed E-state index contributed by atoms with van der Waals surface area (Å²) in [6.45, 7) is 23.8. The fourth-order valence-corrected chi connectivity index (χ4v) is 14.9. The van der Waals surface area contributed by atoms with E-state index >= 15 is 0 Å². The lowest BCUT2D eigenvalue weighted by Crippen LogP contribution is -2.53. The number of carboxylic acids is 1. The van der Waals surface area contributed by atoms with E-state index in [9.17, 15) is 30.0 Å². The number of hydrogen-bond donors (Lipinski definition) is 7. The van der Waals surface area contributed by atoms with Gasteiger partial charge in [-0.1, -0.05) is 88.4 Å². The molecule has 0 saturated heterocycles. The van der Waals surface area contributed by atoms with E-state index in [1.54, 1.807) is 25.1 Å². The monoisotopic (exact) mass is 897 g/mol. The van der Waals surface area contributed by atoms with Gasteiger partial charge in [-0.25, -0.2) is 4.79 Å². The molecule has 9 nitrogen and oxygen atoms in total. The largest absolute Gasteiger partial charge is 0.478 e. The van der Waals surface area contributed by atoms with Gasteiger partial charge in [0.25, 0.3) is 5.91 Å². The maximum atomic E-state index is 13.1. The Morgan fingerprint density at radius 2 is 1.08 bits per heavy atom. The van der Waals surface area contributed by atoms with Crippen LogP contribution in [0.5, 0.6) is 0 Å². The number of nitrogens with one attached hydrogen (secondary N) is 1. The molecule has 6 aliphatic carbocycles. The first kappa shape index (κ1) is 51.1. The summed E-state index contributed by atoms with van der Waals surface area (Å²) in [6.07, 6.45) is 13.8. The lowest BCUT2D eigenvalue weighted by Gasteiger charge is -2.56. The van der Waals surface area contributed by atoms with E-state index in [1.807, 2.05) is 37.3 Å². The molecule has 0 aromatic heterocycles. The second-order valence-corrected chi connectivity index (χ2v) is 22.5. The number of aliphatic hydroxyl groups excluding tert-OH is 4. The van der Waals surface area contributed by atoms with Crippen LogP contribution in [0.15, 0.2) is 72.8 Å². The molecule has 360 valence electrons. The van der Waals surface area contributed by atoms with E-state index in [4.69, 9.17) is 10.8 Å². The molecule has 0 radical (unpaired) electrons. The normalized spacial score (nSPS) is 38.9. The van der Waals surface area contributed by atoms with Gasteiger partial charge < -0.3 is 36.6 Å². The maximum absolute atomic E-state index is 13.1. The third-order valence-corrected chi connectivity index (χ3v) is 19.5. The fraction of sp³-hybridized carbons (Fsp3) is 0.679. The Balaban J connectivity index is 0.000000184. The highest BCUT2D eigenvalue weighted by molar-refractivity contribution is 5.95. The number of hydrogen-bond acceptors (Lipinski definition) is 7. The molecule has 2 aromatic carbocycles. The molecule has 8 N–H and O–H groups in total. The molecule has 6 saturated carbocycles. The summed E-state index contributed by atoms with van der Waals surface area (Å²) >= 11 is 0. The van der Waals surface area contributed by atoms with E-state index in [1.165, 1.54) is 30.4 Å². The van der Waals surface area contributed by atoms with Crippen molar-refractivity contribution in [2.24, 2.45) is 74.7 Å². The van der Waals surface area contributed by atoms with Crippen molar-refractivity contribution in [1.29, 1.82) is 0 Å². The molecule has 6 fully saturated rings. The summed E-state index contributed by atoms with van der Waals surface area (Å²) in [7, 11) is 0. The van der Waals surface area contributed by atoms with Gasteiger partial charge in [-0.15, -0.1) is 0 Å². The summed E-state index contributed by atoms with van der Waals surface area (Å²) < 4.78 is 0. The molecular formula is C56H84N2O7. The number of amides is 1. The highest BCUT2D eigenvalue weighted by Gasteiger charge is 2.58. The standard InChI is InChI=1S/C28H41NO3.C20H35NO2.C8H8O2/c1-18-7-5-6-8-22(18)26(32)29-16-23-24-10-9-19(2)27(24,3)14-12-25(23)28(4)13-11-21(31)15-20(28)17-30;1-13-4-5-17-16(11-21)18(7-9-19(13,17)2)20(3)8-6-15(23)10-14(20)12-22;1-6-4-2-3-5-7(6)8(9)10/h5-8,20-21,23-25,30-31H,2,9-17H2,1,3-4H3,(H,29,32);14-18,22-23H,1,4-12,21H2,2-3H3;2-5H,1H3,(H,9,10)/t20-,21+,23+,24+,25+,27-,28+;14-,15+,16+,17+,18+,19-,20+;/m11./s1. The second kappa shape index (κ2) is 20.9. The van der Waals surface area contributed by atoms with Crippen LogP contribution in [0.2, 0.25) is 0 Å². The van der Waals surface area contributed by atoms with Gasteiger partial charge in [0.05, 0.1) is 17.8 Å². The van der Waals surface area contributed by atoms with Gasteiger partial charge in [-0.3, -0.25) is 4.79 Å². The third-order valence-electron chi connectivity index (χ3n) is 19.5. The van der Waals surface area contributed by atoms with E-state index in [0.717, 1.165) is 87.4 Å². The van der Waals surface area contributed by atoms with E-state index in [2.05, 4.69) is 46.2 Å². The van der Waals surface area contributed by atoms with Crippen molar-refractivity contribution in [2.75, 3.05) is 26.3 Å². The minimum Gasteiger partial charge on any atom is -0.478 e. The zero-order valence-corrected chi connectivity index (χ0v) is 40.7. The number of aryl methyl sites for hydroxylation is 2. The van der Waals surface area contributed by atoms with Crippen molar-refractivity contribution in [3.8, 4) is 0 Å². The average molecular weight is 897 g/mol. The summed E-state index contributed by atoms with van der Waals surface area (Å²) in [5.41, 5.74) is 12.5. The number of aromatic carboxylic acids is 1. The van der Waals surface area contributed by atoms with Crippen LogP contribution in [0.3, 0.4) is 0 Å². The van der Waals surface area contributed by atoms with Crippen molar-refractivity contribution < 1.29 is 35.1 Å². The summed E-state index contributed by atoms with van der Waals surface area (Å²) in [5, 5.41) is 52.4. The predicted molar refractivity (Wildman–Crippen MR) is 260 cm³/mol. The highest BCUT2D eigenvalue weighted by atomic mass is 16.4. The zero-order valence-electron chi connectivity index (χ0n) is 40.7. The third kappa shape index (κ3) is 10.1. The highest BCUT2D eigenvalue weighted by Crippen LogP contribution is 2.65. The van der Waals surface area contributed by atoms with Crippen molar-refractivity contribution in [2.45, 2.75) is 144 Å². The lowest BCUT2D eigenvalue weighted by molar-refractivity contribution is -0.0928. The molecule has 6 aliphatic rings. The number of fused-ring (bicyclic) bond motifs is 2. The Morgan fingerprint density at radius 3 is 1.49 bits per heavy atom. The Labute approximate surface area is 390 Å². The van der Waals surface area contributed by atoms with E-state index in [-0.39, 0.29) is 64.8 Å². The molecule has 2 aromatic rings. The van der Waals surface area contributed by atoms with Crippen LogP contribution in [0.1, 0.15) is 149 Å². The smallest absolute Gasteiger partial charge is 0.335 e. The molecule has 0 spiro atoms. The minimum absolute atomic E-state index is 0.00822. The zero-order chi connectivity index (χ0) is 47.5. The number of carbonyl (C=O) groups excluding carboxylic acids is 1. The first-order valence-corrected chi connectivity index (χ1v) is 25.1. The summed E-state index contributed by atoms with van der Waals surface area (Å²) in [6, 6.07) is 14.7. The minimum atomic E-state index is -0.863. The summed E-state index contributed by atoms with van der Waals surface area (Å²) in [5.74, 6) is 2.51. The SMILES string of the molecule is C=C1CC[C@H]2[C@H](CN)[C@@H]([C@@]3(C)CC[C@H](O)C[C@@H]3CO)CC[C@]12C.C=C1CC[C@H]2[C@H](CNC(=O)c3ccccc3C)[C@@H]([C@@]3(C)CC[C@H](O)C[C@@H]3CO)CC[C@]12C.Cc1ccccc1C(=O)O. The molecule has 0 aliphatic heterocycles. The molecule has 8 rings (SSSR count). The first-order valence-electron chi connectivity index (χ1n) is 25.1. The van der Waals surface area contributed by atoms with Crippen LogP contribution < -0.4 is 11.1 Å². The molecule has 14 atom stereocenters. The van der Waals surface area contributed by atoms with Crippen molar-refractivity contribution in [3.05, 3.63) is 95.1 Å². The Hall–Kier alpha value is -3.34. The molecular weight excluding hydrogens is 813 g/mol. The quantitative estimate of drug-likeness (QED) is 0.122. The molecule has 0 bridgehead atoms. The number of carbonyl (C=O) groups is 2. The van der Waals surface area contributed by atoms with Crippen molar-refractivity contribution in [3.63, 3.8) is 0 Å². The van der Waals surface area contributed by atoms with Gasteiger partial charge in [-0.05, 0) is 203 Å². The van der Waals surface area contributed by atoms with Crippen LogP contribution in [-0.4, -0.2) is 75.9 Å². The van der Waals surface area contributed by atoms with Crippen LogP contribution in [0.4, 0.5) is 0 Å². The summed E-state index contributed by atoms with van der Waals surface area (Å²) in [4.78, 5) is 23.5. The Kier molecular flexibility index (Phi) is 16.4. The van der Waals surface area contributed by atoms with Gasteiger partial charge in [0.2, 0.25) is 0 Å². The van der Waals surface area contributed by atoms with Crippen LogP contribution in [0, 0.1) is 82.9 Å². The van der Waals surface area contributed by atoms with Crippen LogP contribution >= 0.6 is 0 Å². The number of carboxylic acid groups (broad SMARTS) is 1. The first-order chi connectivity index (χ1) is 30.8. The fourth-order valence-electron chi connectivity index (χ4n) is 14.9. The van der Waals surface area contributed by atoms with Crippen molar-refractivity contribution >= 4 is 11.9 Å². The second-order valence-electron chi connectivity index (χ2n) is 22.5. The molecule has 9 heteroatoms. The number of aliphatic hydroxyl groups is 4. The molecule has 1 amide bonds. The number of allylic oxidation sites excluding steroid dienone is 2. The van der Waals surface area contributed by atoms with E-state index < -0.39 is 5.97 Å². The molecule has 0 unspecified atom stereocenters. The Bertz CT molecular complexity index is 2000.